The molecule has 0 bridgehead atoms. The molecular formula is C18H16N4O5S. The summed E-state index contributed by atoms with van der Waals surface area (Å²) in [5, 5.41) is 11.5. The molecule has 1 heterocycles. The first-order valence-electron chi connectivity index (χ1n) is 8.21. The zero-order valence-corrected chi connectivity index (χ0v) is 15.6. The number of aromatic nitrogens is 2. The van der Waals surface area contributed by atoms with E-state index in [2.05, 4.69) is 25.6 Å². The molecule has 1 aliphatic carbocycles. The predicted octanol–water partition coefficient (Wildman–Crippen LogP) is 2.01. The number of fused-ring (bicyclic) bond motifs is 1. The molecule has 2 aromatic rings. The zero-order valence-electron chi connectivity index (χ0n) is 14.8. The lowest BCUT2D eigenvalue weighted by Crippen LogP contribution is -2.26. The van der Waals surface area contributed by atoms with Gasteiger partial charge in [0.25, 0.3) is 5.91 Å². The molecule has 1 aliphatic rings. The average molecular weight is 400 g/mol. The SMILES string of the molecule is COC(=O)NCCSC1=CC(=O)c2n[nH]c(C(=O)Nc3ccccc3)c2C1=O. The maximum Gasteiger partial charge on any atom is 0.406 e. The molecule has 0 fully saturated rings. The molecule has 0 radical (unpaired) electrons. The van der Waals surface area contributed by atoms with Crippen molar-refractivity contribution in [2.24, 2.45) is 0 Å². The quantitative estimate of drug-likeness (QED) is 0.632. The van der Waals surface area contributed by atoms with Gasteiger partial charge in [0.1, 0.15) is 11.4 Å². The van der Waals surface area contributed by atoms with Crippen molar-refractivity contribution in [3.8, 4) is 0 Å². The molecule has 3 N–H and O–H groups in total. The number of ketones is 2. The van der Waals surface area contributed by atoms with Crippen molar-refractivity contribution in [1.29, 1.82) is 0 Å². The number of anilines is 1. The summed E-state index contributed by atoms with van der Waals surface area (Å²) in [5.74, 6) is -1.16. The van der Waals surface area contributed by atoms with Crippen LogP contribution >= 0.6 is 11.8 Å². The number of para-hydroxylation sites is 1. The standard InChI is InChI=1S/C18H16N4O5S/c1-27-18(26)19-7-8-28-12-9-11(23)14-13(16(12)24)15(22-21-14)17(25)20-10-5-3-2-4-6-10/h2-6,9H,7-8H2,1H3,(H,19,26)(H,20,25)(H,21,22). The van der Waals surface area contributed by atoms with Crippen LogP contribution in [0.25, 0.3) is 0 Å². The van der Waals surface area contributed by atoms with Gasteiger partial charge < -0.3 is 15.4 Å². The molecule has 10 heteroatoms. The summed E-state index contributed by atoms with van der Waals surface area (Å²) in [6.45, 7) is 0.246. The minimum absolute atomic E-state index is 0.0515. The molecule has 0 saturated carbocycles. The molecule has 3 rings (SSSR count). The van der Waals surface area contributed by atoms with Crippen molar-refractivity contribution in [3.05, 3.63) is 58.3 Å². The number of H-pyrrole nitrogens is 1. The fraction of sp³-hybridized carbons (Fsp3) is 0.167. The van der Waals surface area contributed by atoms with Crippen LogP contribution in [-0.4, -0.2) is 53.2 Å². The highest BCUT2D eigenvalue weighted by Crippen LogP contribution is 2.29. The number of nitrogens with one attached hydrogen (secondary N) is 3. The lowest BCUT2D eigenvalue weighted by Gasteiger charge is -2.12. The Kier molecular flexibility index (Phi) is 5.90. The van der Waals surface area contributed by atoms with Crippen molar-refractivity contribution in [3.63, 3.8) is 0 Å². The van der Waals surface area contributed by atoms with E-state index < -0.39 is 23.6 Å². The lowest BCUT2D eigenvalue weighted by molar-refractivity contribution is 0.0979. The number of rotatable bonds is 6. The van der Waals surface area contributed by atoms with E-state index >= 15 is 0 Å². The Hall–Kier alpha value is -3.40. The Morgan fingerprint density at radius 2 is 1.96 bits per heavy atom. The molecule has 1 aromatic heterocycles. The van der Waals surface area contributed by atoms with Crippen LogP contribution in [0, 0.1) is 0 Å². The minimum atomic E-state index is -0.586. The number of alkyl carbamates (subject to hydrolysis) is 1. The van der Waals surface area contributed by atoms with Crippen molar-refractivity contribution in [2.45, 2.75) is 0 Å². The van der Waals surface area contributed by atoms with Gasteiger partial charge in [0, 0.05) is 24.1 Å². The summed E-state index contributed by atoms with van der Waals surface area (Å²) < 4.78 is 4.46. The molecule has 9 nitrogen and oxygen atoms in total. The van der Waals surface area contributed by atoms with E-state index in [4.69, 9.17) is 0 Å². The van der Waals surface area contributed by atoms with Gasteiger partial charge >= 0.3 is 6.09 Å². The van der Waals surface area contributed by atoms with Gasteiger partial charge in [-0.15, -0.1) is 11.8 Å². The number of nitrogens with zero attached hydrogens (tertiary/aromatic N) is 1. The van der Waals surface area contributed by atoms with Gasteiger partial charge in [-0.2, -0.15) is 5.10 Å². The maximum atomic E-state index is 12.8. The van der Waals surface area contributed by atoms with Gasteiger partial charge in [-0.1, -0.05) is 18.2 Å². The molecule has 144 valence electrons. The second-order valence-electron chi connectivity index (χ2n) is 5.61. The Morgan fingerprint density at radius 1 is 1.21 bits per heavy atom. The van der Waals surface area contributed by atoms with Crippen molar-refractivity contribution in [2.75, 3.05) is 24.7 Å². The van der Waals surface area contributed by atoms with E-state index in [9.17, 15) is 19.2 Å². The van der Waals surface area contributed by atoms with Crippen LogP contribution < -0.4 is 10.6 Å². The summed E-state index contributed by atoms with van der Waals surface area (Å²) >= 11 is 1.10. The molecule has 2 amide bonds. The molecular weight excluding hydrogens is 384 g/mol. The number of hydrogen-bond acceptors (Lipinski definition) is 7. The number of carbonyl (C=O) groups is 4. The summed E-state index contributed by atoms with van der Waals surface area (Å²) in [6.07, 6.45) is 0.602. The van der Waals surface area contributed by atoms with Crippen LogP contribution in [0.4, 0.5) is 10.5 Å². The fourth-order valence-corrected chi connectivity index (χ4v) is 3.34. The van der Waals surface area contributed by atoms with E-state index in [-0.39, 0.29) is 28.4 Å². The van der Waals surface area contributed by atoms with E-state index in [0.717, 1.165) is 11.8 Å². The number of allylic oxidation sites excluding steroid dienone is 2. The minimum Gasteiger partial charge on any atom is -0.453 e. The number of Topliss-reactive ketones (excluding diaryl/α,β-unsaturated/α-hetero) is 1. The number of thioether (sulfide) groups is 1. The first-order valence-corrected chi connectivity index (χ1v) is 9.20. The van der Waals surface area contributed by atoms with Crippen LogP contribution in [0.5, 0.6) is 0 Å². The largest absolute Gasteiger partial charge is 0.453 e. The van der Waals surface area contributed by atoms with Crippen LogP contribution in [0.15, 0.2) is 41.3 Å². The number of aromatic amines is 1. The Morgan fingerprint density at radius 3 is 2.68 bits per heavy atom. The monoisotopic (exact) mass is 400 g/mol. The van der Waals surface area contributed by atoms with E-state index in [1.54, 1.807) is 30.3 Å². The Labute approximate surface area is 163 Å². The third kappa shape index (κ3) is 4.12. The number of amides is 2. The fourth-order valence-electron chi connectivity index (χ4n) is 2.49. The van der Waals surface area contributed by atoms with Crippen LogP contribution in [0.3, 0.4) is 0 Å². The van der Waals surface area contributed by atoms with E-state index in [0.29, 0.717) is 11.4 Å². The normalized spacial score (nSPS) is 12.8. The van der Waals surface area contributed by atoms with Gasteiger partial charge in [0.05, 0.1) is 17.6 Å². The number of ether oxygens (including phenoxy) is 1. The number of methoxy groups -OCH3 is 1. The Balaban J connectivity index is 1.74. The third-order valence-electron chi connectivity index (χ3n) is 3.79. The second kappa shape index (κ2) is 8.53. The van der Waals surface area contributed by atoms with Gasteiger partial charge in [0.15, 0.2) is 0 Å². The first kappa shape index (κ1) is 19.4. The highest BCUT2D eigenvalue weighted by Gasteiger charge is 2.33. The second-order valence-corrected chi connectivity index (χ2v) is 6.75. The maximum absolute atomic E-state index is 12.8. The molecule has 28 heavy (non-hydrogen) atoms. The lowest BCUT2D eigenvalue weighted by atomic mass is 9.99. The van der Waals surface area contributed by atoms with Crippen molar-refractivity contribution < 1.29 is 23.9 Å². The molecule has 0 atom stereocenters. The van der Waals surface area contributed by atoms with Gasteiger partial charge in [-0.3, -0.25) is 19.5 Å². The summed E-state index contributed by atoms with van der Waals surface area (Å²) in [5.41, 5.74) is 0.338. The number of carbonyl (C=O) groups excluding carboxylic acids is 4. The first-order chi connectivity index (χ1) is 13.5. The highest BCUT2D eigenvalue weighted by atomic mass is 32.2. The molecule has 0 spiro atoms. The van der Waals surface area contributed by atoms with Crippen molar-refractivity contribution in [1.82, 2.24) is 15.5 Å². The highest BCUT2D eigenvalue weighted by molar-refractivity contribution is 8.04. The van der Waals surface area contributed by atoms with E-state index in [1.165, 1.54) is 13.2 Å². The smallest absolute Gasteiger partial charge is 0.406 e. The van der Waals surface area contributed by atoms with Gasteiger partial charge in [-0.05, 0) is 12.1 Å². The topological polar surface area (TPSA) is 130 Å². The van der Waals surface area contributed by atoms with E-state index in [1.807, 2.05) is 0 Å². The zero-order chi connectivity index (χ0) is 20.1. The number of benzene rings is 1. The average Bonchev–Trinajstić information content (AvgIpc) is 3.15. The molecule has 0 aliphatic heterocycles. The summed E-state index contributed by atoms with van der Waals surface area (Å²) in [6, 6.07) is 8.71. The summed E-state index contributed by atoms with van der Waals surface area (Å²) in [7, 11) is 1.25. The van der Waals surface area contributed by atoms with Crippen LogP contribution in [0.1, 0.15) is 31.3 Å². The van der Waals surface area contributed by atoms with Gasteiger partial charge in [-0.25, -0.2) is 4.79 Å². The van der Waals surface area contributed by atoms with Crippen LogP contribution in [0.2, 0.25) is 0 Å². The third-order valence-corrected chi connectivity index (χ3v) is 4.81. The van der Waals surface area contributed by atoms with Gasteiger partial charge in [0.2, 0.25) is 11.6 Å². The van der Waals surface area contributed by atoms with Crippen molar-refractivity contribution >= 4 is 41.0 Å². The Bertz CT molecular complexity index is 968. The molecule has 0 unspecified atom stereocenters. The number of hydrogen-bond donors (Lipinski definition) is 3. The van der Waals surface area contributed by atoms with Crippen LogP contribution in [-0.2, 0) is 4.74 Å². The summed E-state index contributed by atoms with van der Waals surface area (Å²) in [4.78, 5) is 48.8. The molecule has 0 saturated heterocycles. The predicted molar refractivity (Wildman–Crippen MR) is 103 cm³/mol. The molecule has 1 aromatic carbocycles.